The Balaban J connectivity index is 1.90. The van der Waals surface area contributed by atoms with Crippen LogP contribution in [0.3, 0.4) is 0 Å². The fourth-order valence-corrected chi connectivity index (χ4v) is 3.15. The van der Waals surface area contributed by atoms with E-state index in [9.17, 15) is 0 Å². The maximum atomic E-state index is 2.44. The average Bonchev–Trinajstić information content (AvgIpc) is 2.71. The Kier molecular flexibility index (Phi) is 2.31. The highest BCUT2D eigenvalue weighted by Crippen LogP contribution is 2.56. The highest BCUT2D eigenvalue weighted by atomic mass is 32.2. The van der Waals surface area contributed by atoms with Crippen LogP contribution in [-0.4, -0.2) is 0 Å². The highest BCUT2D eigenvalue weighted by molar-refractivity contribution is 8.06. The molecule has 2 rings (SSSR count). The van der Waals surface area contributed by atoms with Gasteiger partial charge in [0.25, 0.3) is 0 Å². The summed E-state index contributed by atoms with van der Waals surface area (Å²) in [7, 11) is 0. The van der Waals surface area contributed by atoms with Gasteiger partial charge in [0.15, 0.2) is 0 Å². The van der Waals surface area contributed by atoms with Crippen LogP contribution in [0.2, 0.25) is 0 Å². The van der Waals surface area contributed by atoms with E-state index in [0.717, 1.165) is 11.8 Å². The third-order valence-corrected chi connectivity index (χ3v) is 3.87. The Hall–Kier alpha value is -0.170. The first-order valence-electron chi connectivity index (χ1n) is 4.86. The molecular weight excluding hydrogens is 164 g/mol. The van der Waals surface area contributed by atoms with Gasteiger partial charge in [-0.2, -0.15) is 0 Å². The van der Waals surface area contributed by atoms with Crippen LogP contribution in [0.4, 0.5) is 0 Å². The van der Waals surface area contributed by atoms with Crippen molar-refractivity contribution < 1.29 is 0 Å². The van der Waals surface area contributed by atoms with Crippen molar-refractivity contribution >= 4 is 11.8 Å². The maximum Gasteiger partial charge on any atom is -0.00672 e. The zero-order valence-corrected chi connectivity index (χ0v) is 8.66. The minimum atomic E-state index is 0.968. The minimum absolute atomic E-state index is 0.968. The Morgan fingerprint density at radius 3 is 3.08 bits per heavy atom. The van der Waals surface area contributed by atoms with E-state index in [1.54, 1.807) is 4.91 Å². The molecule has 0 aromatic heterocycles. The summed E-state index contributed by atoms with van der Waals surface area (Å²) in [5, 5.41) is 0. The second-order valence-corrected chi connectivity index (χ2v) is 5.09. The lowest BCUT2D eigenvalue weighted by molar-refractivity contribution is 0.853. The second-order valence-electron chi connectivity index (χ2n) is 3.77. The van der Waals surface area contributed by atoms with Crippen LogP contribution in [0.5, 0.6) is 0 Å². The summed E-state index contributed by atoms with van der Waals surface area (Å²) in [5.41, 5.74) is 0. The van der Waals surface area contributed by atoms with Crippen molar-refractivity contribution in [2.45, 2.75) is 33.1 Å². The van der Waals surface area contributed by atoms with Crippen molar-refractivity contribution in [3.63, 3.8) is 0 Å². The average molecular weight is 180 g/mol. The van der Waals surface area contributed by atoms with E-state index in [0.29, 0.717) is 0 Å². The van der Waals surface area contributed by atoms with Crippen molar-refractivity contribution in [2.24, 2.45) is 11.8 Å². The van der Waals surface area contributed by atoms with Crippen molar-refractivity contribution in [2.75, 3.05) is 0 Å². The van der Waals surface area contributed by atoms with E-state index in [4.69, 9.17) is 0 Å². The first kappa shape index (κ1) is 8.43. The summed E-state index contributed by atoms with van der Waals surface area (Å²) in [6, 6.07) is 0. The summed E-state index contributed by atoms with van der Waals surface area (Å²) in [4.78, 5) is 3.14. The minimum Gasteiger partial charge on any atom is -0.0997 e. The number of rotatable bonds is 3. The van der Waals surface area contributed by atoms with E-state index >= 15 is 0 Å². The molecule has 66 valence electrons. The molecule has 0 radical (unpaired) electrons. The zero-order chi connectivity index (χ0) is 8.55. The van der Waals surface area contributed by atoms with E-state index < -0.39 is 0 Å². The van der Waals surface area contributed by atoms with Crippen molar-refractivity contribution in [1.29, 1.82) is 0 Å². The molecule has 0 aromatic carbocycles. The van der Waals surface area contributed by atoms with Crippen LogP contribution < -0.4 is 0 Å². The lowest BCUT2D eigenvalue weighted by atomic mass is 10.3. The number of allylic oxidation sites excluding steroid dienone is 4. The van der Waals surface area contributed by atoms with Crippen molar-refractivity contribution in [3.05, 3.63) is 22.0 Å². The topological polar surface area (TPSA) is 0 Å². The van der Waals surface area contributed by atoms with Gasteiger partial charge in [-0.1, -0.05) is 30.8 Å². The molecule has 2 aliphatic rings. The maximum absolute atomic E-state index is 2.44. The van der Waals surface area contributed by atoms with E-state index in [2.05, 4.69) is 26.0 Å². The third kappa shape index (κ3) is 1.61. The Bertz CT molecular complexity index is 237. The van der Waals surface area contributed by atoms with Crippen LogP contribution in [0, 0.1) is 11.8 Å². The standard InChI is InChI=1S/C11H16S/c1-3-4-8(2)12-11-6-5-9-7-10(9)11/h4,6,9-10H,3,5,7H2,1-2H3/b8-4+. The van der Waals surface area contributed by atoms with Crippen LogP contribution in [-0.2, 0) is 0 Å². The molecule has 0 bridgehead atoms. The van der Waals surface area contributed by atoms with Gasteiger partial charge >= 0.3 is 0 Å². The predicted octanol–water partition coefficient (Wildman–Crippen LogP) is 3.96. The van der Waals surface area contributed by atoms with E-state index in [1.165, 1.54) is 24.2 Å². The van der Waals surface area contributed by atoms with Crippen molar-refractivity contribution in [3.8, 4) is 0 Å². The smallest absolute Gasteiger partial charge is 0.00672 e. The molecule has 2 aliphatic carbocycles. The highest BCUT2D eigenvalue weighted by Gasteiger charge is 2.43. The van der Waals surface area contributed by atoms with E-state index in [-0.39, 0.29) is 0 Å². The predicted molar refractivity (Wildman–Crippen MR) is 55.9 cm³/mol. The molecule has 0 amide bonds. The van der Waals surface area contributed by atoms with Gasteiger partial charge in [0.05, 0.1) is 0 Å². The molecule has 2 atom stereocenters. The van der Waals surface area contributed by atoms with Gasteiger partial charge in [-0.15, -0.1) is 0 Å². The lowest BCUT2D eigenvalue weighted by Crippen LogP contribution is -1.76. The summed E-state index contributed by atoms with van der Waals surface area (Å²) in [6.07, 6.45) is 8.75. The molecule has 0 spiro atoms. The fraction of sp³-hybridized carbons (Fsp3) is 0.636. The number of thioether (sulfide) groups is 1. The van der Waals surface area contributed by atoms with E-state index in [1.807, 2.05) is 11.8 Å². The normalized spacial score (nSPS) is 33.2. The van der Waals surface area contributed by atoms with Gasteiger partial charge in [0.1, 0.15) is 0 Å². The summed E-state index contributed by atoms with van der Waals surface area (Å²) < 4.78 is 0. The molecule has 0 saturated heterocycles. The van der Waals surface area contributed by atoms with Gasteiger partial charge in [-0.3, -0.25) is 0 Å². The van der Waals surface area contributed by atoms with Crippen LogP contribution in [0.15, 0.2) is 22.0 Å². The molecule has 1 saturated carbocycles. The summed E-state index contributed by atoms with van der Waals surface area (Å²) >= 11 is 2.00. The molecule has 0 N–H and O–H groups in total. The largest absolute Gasteiger partial charge is 0.0997 e. The molecule has 0 aromatic rings. The summed E-state index contributed by atoms with van der Waals surface area (Å²) in [6.45, 7) is 4.43. The van der Waals surface area contributed by atoms with Gasteiger partial charge in [0.2, 0.25) is 0 Å². The first-order valence-corrected chi connectivity index (χ1v) is 5.67. The fourth-order valence-electron chi connectivity index (χ4n) is 1.91. The van der Waals surface area contributed by atoms with Gasteiger partial charge in [-0.05, 0) is 47.8 Å². The number of fused-ring (bicyclic) bond motifs is 1. The Morgan fingerprint density at radius 1 is 1.75 bits per heavy atom. The third-order valence-electron chi connectivity index (χ3n) is 2.68. The number of hydrogen-bond acceptors (Lipinski definition) is 1. The van der Waals surface area contributed by atoms with Gasteiger partial charge in [0, 0.05) is 0 Å². The zero-order valence-electron chi connectivity index (χ0n) is 7.84. The van der Waals surface area contributed by atoms with Gasteiger partial charge < -0.3 is 0 Å². The first-order chi connectivity index (χ1) is 5.81. The van der Waals surface area contributed by atoms with Crippen molar-refractivity contribution in [1.82, 2.24) is 0 Å². The quantitative estimate of drug-likeness (QED) is 0.633. The molecule has 1 heteroatoms. The molecule has 2 unspecified atom stereocenters. The van der Waals surface area contributed by atoms with Crippen LogP contribution >= 0.6 is 11.8 Å². The monoisotopic (exact) mass is 180 g/mol. The molecule has 12 heavy (non-hydrogen) atoms. The SMILES string of the molecule is CC/C=C(\C)SC1=CCC2CC12. The molecular formula is C11H16S. The lowest BCUT2D eigenvalue weighted by Gasteiger charge is -2.02. The molecule has 0 heterocycles. The molecule has 0 aliphatic heterocycles. The van der Waals surface area contributed by atoms with Gasteiger partial charge in [-0.25, -0.2) is 0 Å². The van der Waals surface area contributed by atoms with Crippen LogP contribution in [0.25, 0.3) is 0 Å². The van der Waals surface area contributed by atoms with Crippen LogP contribution in [0.1, 0.15) is 33.1 Å². The summed E-state index contributed by atoms with van der Waals surface area (Å²) in [5.74, 6) is 2.01. The Labute approximate surface area is 79.1 Å². The Morgan fingerprint density at radius 2 is 2.58 bits per heavy atom. The molecule has 1 fully saturated rings. The second kappa shape index (κ2) is 3.29. The number of hydrogen-bond donors (Lipinski definition) is 0. The molecule has 0 nitrogen and oxygen atoms in total.